The summed E-state index contributed by atoms with van der Waals surface area (Å²) in [5, 5.41) is 12.0. The maximum absolute atomic E-state index is 9.60. The van der Waals surface area contributed by atoms with E-state index in [4.69, 9.17) is 0 Å². The molecule has 0 saturated carbocycles. The van der Waals surface area contributed by atoms with Gasteiger partial charge in [0.05, 0.1) is 6.20 Å². The van der Waals surface area contributed by atoms with E-state index in [1.807, 2.05) is 0 Å². The van der Waals surface area contributed by atoms with E-state index in [0.29, 0.717) is 16.6 Å². The summed E-state index contributed by atoms with van der Waals surface area (Å²) in [5.41, 5.74) is 2.86. The highest BCUT2D eigenvalue weighted by atomic mass is 28.3. The second-order valence-corrected chi connectivity index (χ2v) is 12.6. The van der Waals surface area contributed by atoms with Gasteiger partial charge < -0.3 is 10.1 Å². The third-order valence-electron chi connectivity index (χ3n) is 4.79. The Kier molecular flexibility index (Phi) is 3.96. The molecule has 0 spiro atoms. The maximum atomic E-state index is 9.60. The van der Waals surface area contributed by atoms with E-state index in [9.17, 15) is 5.11 Å². The average Bonchev–Trinajstić information content (AvgIpc) is 2.70. The summed E-state index contributed by atoms with van der Waals surface area (Å²) in [5.74, 6) is 0.231. The number of H-pyrrole nitrogens is 1. The highest BCUT2D eigenvalue weighted by Crippen LogP contribution is 2.41. The second kappa shape index (κ2) is 5.24. The molecular weight excluding hydrogens is 264 g/mol. The van der Waals surface area contributed by atoms with Crippen molar-refractivity contribution in [2.45, 2.75) is 58.2 Å². The Labute approximate surface area is 122 Å². The van der Waals surface area contributed by atoms with E-state index in [0.717, 1.165) is 11.0 Å². The molecule has 2 aromatic heterocycles. The zero-order valence-electron chi connectivity index (χ0n) is 13.4. The molecule has 0 aliphatic carbocycles. The molecule has 0 amide bonds. The lowest BCUT2D eigenvalue weighted by molar-refractivity contribution is 0.474. The molecule has 2 rings (SSSR count). The first-order valence-electron chi connectivity index (χ1n) is 7.48. The van der Waals surface area contributed by atoms with Crippen molar-refractivity contribution in [3.63, 3.8) is 0 Å². The molecule has 0 aliphatic rings. The molecule has 0 atom stereocenters. The molecule has 2 N–H and O–H groups in total. The van der Waals surface area contributed by atoms with Gasteiger partial charge in [0.15, 0.2) is 0 Å². The van der Waals surface area contributed by atoms with Crippen LogP contribution in [0.1, 0.15) is 41.5 Å². The molecule has 2 aromatic rings. The lowest BCUT2D eigenvalue weighted by Crippen LogP contribution is -2.56. The van der Waals surface area contributed by atoms with Crippen molar-refractivity contribution in [2.24, 2.45) is 0 Å². The van der Waals surface area contributed by atoms with Gasteiger partial charge in [-0.05, 0) is 28.8 Å². The molecule has 110 valence electrons. The highest BCUT2D eigenvalue weighted by Gasteiger charge is 2.45. The smallest absolute Gasteiger partial charge is 0.137 e. The summed E-state index contributed by atoms with van der Waals surface area (Å²) in [6.07, 6.45) is 1.51. The molecule has 0 unspecified atom stereocenters. The SMILES string of the molecule is CC(C)[Si](c1cc2cc(O)cnc2[nH]1)(C(C)C)C(C)C. The summed E-state index contributed by atoms with van der Waals surface area (Å²) in [4.78, 5) is 7.86. The molecular formula is C16H26N2OSi. The van der Waals surface area contributed by atoms with Gasteiger partial charge in [-0.3, -0.25) is 0 Å². The first-order chi connectivity index (χ1) is 9.30. The monoisotopic (exact) mass is 290 g/mol. The van der Waals surface area contributed by atoms with Gasteiger partial charge in [-0.15, -0.1) is 0 Å². The van der Waals surface area contributed by atoms with Crippen LogP contribution >= 0.6 is 0 Å². The Morgan fingerprint density at radius 3 is 2.05 bits per heavy atom. The van der Waals surface area contributed by atoms with Crippen molar-refractivity contribution in [3.8, 4) is 5.75 Å². The number of hydrogen-bond acceptors (Lipinski definition) is 2. The van der Waals surface area contributed by atoms with Crippen molar-refractivity contribution in [1.29, 1.82) is 0 Å². The standard InChI is InChI=1S/C16H26N2OSi/c1-10(2)20(11(3)4,12(5)6)15-8-13-7-14(19)9-17-16(13)18-15/h7-12,19H,1-6H3,(H,17,18). The molecule has 4 heteroatoms. The molecule has 0 aromatic carbocycles. The summed E-state index contributed by atoms with van der Waals surface area (Å²) in [6.45, 7) is 14.1. The number of nitrogens with one attached hydrogen (secondary N) is 1. The number of aromatic hydroxyl groups is 1. The van der Waals surface area contributed by atoms with Gasteiger partial charge in [-0.1, -0.05) is 41.5 Å². The number of pyridine rings is 1. The first-order valence-corrected chi connectivity index (χ1v) is 9.71. The number of aromatic amines is 1. The largest absolute Gasteiger partial charge is 0.506 e. The van der Waals surface area contributed by atoms with Gasteiger partial charge in [0.25, 0.3) is 0 Å². The van der Waals surface area contributed by atoms with Crippen molar-refractivity contribution in [1.82, 2.24) is 9.97 Å². The zero-order valence-corrected chi connectivity index (χ0v) is 14.4. The second-order valence-electron chi connectivity index (χ2n) is 6.71. The fraction of sp³-hybridized carbons (Fsp3) is 0.562. The van der Waals surface area contributed by atoms with E-state index in [1.165, 1.54) is 11.5 Å². The van der Waals surface area contributed by atoms with Crippen molar-refractivity contribution in [2.75, 3.05) is 0 Å². The van der Waals surface area contributed by atoms with Gasteiger partial charge in [0.2, 0.25) is 0 Å². The Bertz CT molecular complexity index is 580. The number of aromatic nitrogens is 2. The van der Waals surface area contributed by atoms with Crippen LogP contribution in [0.4, 0.5) is 0 Å². The van der Waals surface area contributed by atoms with E-state index >= 15 is 0 Å². The van der Waals surface area contributed by atoms with Gasteiger partial charge in [-0.2, -0.15) is 0 Å². The lowest BCUT2D eigenvalue weighted by atomic mass is 10.3. The Morgan fingerprint density at radius 2 is 1.55 bits per heavy atom. The number of fused-ring (bicyclic) bond motifs is 1. The zero-order chi connectivity index (χ0) is 15.1. The minimum atomic E-state index is -1.68. The van der Waals surface area contributed by atoms with Crippen LogP contribution in [0.2, 0.25) is 16.6 Å². The maximum Gasteiger partial charge on any atom is 0.137 e. The highest BCUT2D eigenvalue weighted by molar-refractivity contribution is 6.94. The average molecular weight is 290 g/mol. The molecule has 20 heavy (non-hydrogen) atoms. The summed E-state index contributed by atoms with van der Waals surface area (Å²) < 4.78 is 0. The lowest BCUT2D eigenvalue weighted by Gasteiger charge is -2.42. The summed E-state index contributed by atoms with van der Waals surface area (Å²) in [6, 6.07) is 4.01. The van der Waals surface area contributed by atoms with Crippen LogP contribution in [-0.2, 0) is 0 Å². The van der Waals surface area contributed by atoms with Gasteiger partial charge in [0.1, 0.15) is 19.5 Å². The van der Waals surface area contributed by atoms with Gasteiger partial charge in [-0.25, -0.2) is 4.98 Å². The summed E-state index contributed by atoms with van der Waals surface area (Å²) >= 11 is 0. The Hall–Kier alpha value is -1.29. The van der Waals surface area contributed by atoms with E-state index < -0.39 is 8.07 Å². The molecule has 0 saturated heterocycles. The van der Waals surface area contributed by atoms with Crippen LogP contribution in [0.5, 0.6) is 5.75 Å². The molecule has 3 nitrogen and oxygen atoms in total. The van der Waals surface area contributed by atoms with Crippen LogP contribution in [0.15, 0.2) is 18.3 Å². The first kappa shape index (κ1) is 15.1. The van der Waals surface area contributed by atoms with Crippen molar-refractivity contribution < 1.29 is 5.11 Å². The van der Waals surface area contributed by atoms with Gasteiger partial charge >= 0.3 is 0 Å². The molecule has 0 bridgehead atoms. The number of rotatable bonds is 4. The third kappa shape index (κ3) is 2.16. The van der Waals surface area contributed by atoms with Gasteiger partial charge in [0, 0.05) is 10.7 Å². The van der Waals surface area contributed by atoms with Crippen LogP contribution in [-0.4, -0.2) is 23.1 Å². The molecule has 2 heterocycles. The van der Waals surface area contributed by atoms with Crippen molar-refractivity contribution >= 4 is 24.4 Å². The topological polar surface area (TPSA) is 48.9 Å². The molecule has 0 aliphatic heterocycles. The molecule has 0 radical (unpaired) electrons. The normalized spacial score (nSPS) is 13.1. The van der Waals surface area contributed by atoms with E-state index in [2.05, 4.69) is 57.6 Å². The minimum absolute atomic E-state index is 0.231. The van der Waals surface area contributed by atoms with Crippen LogP contribution in [0.3, 0.4) is 0 Å². The fourth-order valence-corrected chi connectivity index (χ4v) is 10.8. The summed E-state index contributed by atoms with van der Waals surface area (Å²) in [7, 11) is -1.68. The Balaban J connectivity index is 2.68. The van der Waals surface area contributed by atoms with Crippen LogP contribution in [0, 0.1) is 0 Å². The Morgan fingerprint density at radius 1 is 1.00 bits per heavy atom. The van der Waals surface area contributed by atoms with E-state index in [-0.39, 0.29) is 5.75 Å². The number of hydrogen-bond donors (Lipinski definition) is 2. The number of nitrogens with zero attached hydrogens (tertiary/aromatic N) is 1. The minimum Gasteiger partial charge on any atom is -0.506 e. The van der Waals surface area contributed by atoms with E-state index in [1.54, 1.807) is 6.07 Å². The fourth-order valence-electron chi connectivity index (χ4n) is 4.17. The predicted molar refractivity (Wildman–Crippen MR) is 88.4 cm³/mol. The molecule has 0 fully saturated rings. The van der Waals surface area contributed by atoms with Crippen LogP contribution < -0.4 is 5.32 Å². The van der Waals surface area contributed by atoms with Crippen molar-refractivity contribution in [3.05, 3.63) is 18.3 Å². The predicted octanol–water partition coefficient (Wildman–Crippen LogP) is 4.15. The van der Waals surface area contributed by atoms with Crippen LogP contribution in [0.25, 0.3) is 11.0 Å². The third-order valence-corrected chi connectivity index (χ3v) is 11.7. The quantitative estimate of drug-likeness (QED) is 0.831.